The number of hydrogen-bond acceptors (Lipinski definition) is 3. The Morgan fingerprint density at radius 3 is 2.67 bits per heavy atom. The highest BCUT2D eigenvalue weighted by Crippen LogP contribution is 2.33. The highest BCUT2D eigenvalue weighted by molar-refractivity contribution is 8.18. The molecule has 2 heterocycles. The Balaban J connectivity index is 1.99. The van der Waals surface area contributed by atoms with Crippen LogP contribution in [0.15, 0.2) is 41.4 Å². The van der Waals surface area contributed by atoms with Crippen LogP contribution < -0.4 is 0 Å². The maximum atomic E-state index is 12.4. The van der Waals surface area contributed by atoms with Gasteiger partial charge in [0.2, 0.25) is 0 Å². The molecule has 1 saturated heterocycles. The zero-order valence-corrected chi connectivity index (χ0v) is 14.9. The van der Waals surface area contributed by atoms with Crippen LogP contribution in [0.3, 0.4) is 0 Å². The molecule has 4 nitrogen and oxygen atoms in total. The summed E-state index contributed by atoms with van der Waals surface area (Å²) in [6.45, 7) is 6.60. The van der Waals surface area contributed by atoms with Gasteiger partial charge in [-0.15, -0.1) is 0 Å². The van der Waals surface area contributed by atoms with E-state index in [1.807, 2.05) is 37.4 Å². The Bertz CT molecular complexity index is 836. The van der Waals surface area contributed by atoms with Crippen molar-refractivity contribution in [1.29, 1.82) is 0 Å². The standard InChI is InChI=1S/C19H20N2O2S/c1-4-10-21-18(22)17(24-19(21)23)12-15-8-6-11-20(15)16-9-5-7-13(2)14(16)3/h5-9,11-12H,4,10H2,1-3H3/b17-12+. The van der Waals surface area contributed by atoms with Gasteiger partial charge in [0.1, 0.15) is 0 Å². The van der Waals surface area contributed by atoms with Crippen LogP contribution in [0, 0.1) is 13.8 Å². The number of rotatable bonds is 4. The number of aromatic nitrogens is 1. The highest BCUT2D eigenvalue weighted by Gasteiger charge is 2.34. The fourth-order valence-corrected chi connectivity index (χ4v) is 3.63. The van der Waals surface area contributed by atoms with Crippen LogP contribution in [-0.4, -0.2) is 27.2 Å². The number of aryl methyl sites for hydroxylation is 1. The molecule has 1 fully saturated rings. The van der Waals surface area contributed by atoms with Crippen molar-refractivity contribution < 1.29 is 9.59 Å². The van der Waals surface area contributed by atoms with Gasteiger partial charge in [-0.25, -0.2) is 0 Å². The monoisotopic (exact) mass is 340 g/mol. The average molecular weight is 340 g/mol. The summed E-state index contributed by atoms with van der Waals surface area (Å²) in [6.07, 6.45) is 4.55. The Labute approximate surface area is 146 Å². The number of nitrogens with zero attached hydrogens (tertiary/aromatic N) is 2. The van der Waals surface area contributed by atoms with Crippen molar-refractivity contribution in [3.63, 3.8) is 0 Å². The van der Waals surface area contributed by atoms with Gasteiger partial charge in [-0.2, -0.15) is 0 Å². The molecular formula is C19H20N2O2S. The van der Waals surface area contributed by atoms with Crippen molar-refractivity contribution >= 4 is 29.0 Å². The van der Waals surface area contributed by atoms with Gasteiger partial charge in [-0.05, 0) is 67.4 Å². The third kappa shape index (κ3) is 2.91. The van der Waals surface area contributed by atoms with Gasteiger partial charge in [0.05, 0.1) is 4.91 Å². The lowest BCUT2D eigenvalue weighted by Gasteiger charge is -2.12. The molecule has 0 radical (unpaired) electrons. The third-order valence-electron chi connectivity index (χ3n) is 4.22. The number of amides is 2. The molecule has 124 valence electrons. The Morgan fingerprint density at radius 1 is 1.12 bits per heavy atom. The summed E-state index contributed by atoms with van der Waals surface area (Å²) < 4.78 is 2.05. The first kappa shape index (κ1) is 16.6. The molecule has 5 heteroatoms. The second kappa shape index (κ2) is 6.69. The lowest BCUT2D eigenvalue weighted by atomic mass is 10.1. The number of carbonyl (C=O) groups excluding carboxylic acids is 2. The molecule has 1 aromatic heterocycles. The fourth-order valence-electron chi connectivity index (χ4n) is 2.78. The number of benzene rings is 1. The number of carbonyl (C=O) groups is 2. The molecule has 1 aliphatic heterocycles. The number of hydrogen-bond donors (Lipinski definition) is 0. The van der Waals surface area contributed by atoms with E-state index in [0.717, 1.165) is 29.6 Å². The summed E-state index contributed by atoms with van der Waals surface area (Å²) in [5, 5.41) is -0.182. The zero-order valence-electron chi connectivity index (χ0n) is 14.1. The van der Waals surface area contributed by atoms with Crippen molar-refractivity contribution in [2.45, 2.75) is 27.2 Å². The maximum absolute atomic E-state index is 12.4. The van der Waals surface area contributed by atoms with Crippen molar-refractivity contribution in [1.82, 2.24) is 9.47 Å². The molecule has 0 N–H and O–H groups in total. The van der Waals surface area contributed by atoms with Crippen molar-refractivity contribution in [3.05, 3.63) is 58.3 Å². The summed E-state index contributed by atoms with van der Waals surface area (Å²) in [5.74, 6) is -0.194. The van der Waals surface area contributed by atoms with Crippen molar-refractivity contribution in [2.75, 3.05) is 6.54 Å². The molecule has 3 rings (SSSR count). The van der Waals surface area contributed by atoms with Crippen LogP contribution in [-0.2, 0) is 4.79 Å². The third-order valence-corrected chi connectivity index (χ3v) is 5.12. The first-order chi connectivity index (χ1) is 11.5. The first-order valence-corrected chi connectivity index (χ1v) is 8.84. The molecule has 2 amide bonds. The van der Waals surface area contributed by atoms with Gasteiger partial charge in [0.15, 0.2) is 0 Å². The number of imide groups is 1. The second-order valence-electron chi connectivity index (χ2n) is 5.86. The van der Waals surface area contributed by atoms with Gasteiger partial charge >= 0.3 is 0 Å². The largest absolute Gasteiger partial charge is 0.317 e. The minimum atomic E-state index is -0.194. The molecule has 0 aliphatic carbocycles. The minimum Gasteiger partial charge on any atom is -0.317 e. The lowest BCUT2D eigenvalue weighted by Crippen LogP contribution is -2.28. The maximum Gasteiger partial charge on any atom is 0.293 e. The molecular weight excluding hydrogens is 320 g/mol. The molecule has 0 bridgehead atoms. The SMILES string of the molecule is CCCN1C(=O)S/C(=C/c2cccn2-c2cccc(C)c2C)C1=O. The molecule has 0 atom stereocenters. The summed E-state index contributed by atoms with van der Waals surface area (Å²) in [6, 6.07) is 10.1. The highest BCUT2D eigenvalue weighted by atomic mass is 32.2. The van der Waals surface area contributed by atoms with E-state index in [0.29, 0.717) is 11.4 Å². The van der Waals surface area contributed by atoms with E-state index in [-0.39, 0.29) is 11.1 Å². The molecule has 24 heavy (non-hydrogen) atoms. The fraction of sp³-hybridized carbons (Fsp3) is 0.263. The van der Waals surface area contributed by atoms with E-state index in [2.05, 4.69) is 30.5 Å². The van der Waals surface area contributed by atoms with Crippen LogP contribution in [0.5, 0.6) is 0 Å². The van der Waals surface area contributed by atoms with Gasteiger partial charge in [0.25, 0.3) is 11.1 Å². The van der Waals surface area contributed by atoms with Gasteiger partial charge < -0.3 is 4.57 Å². The van der Waals surface area contributed by atoms with E-state index >= 15 is 0 Å². The lowest BCUT2D eigenvalue weighted by molar-refractivity contribution is -0.122. The van der Waals surface area contributed by atoms with Crippen LogP contribution >= 0.6 is 11.8 Å². The topological polar surface area (TPSA) is 42.3 Å². The molecule has 0 saturated carbocycles. The zero-order chi connectivity index (χ0) is 17.3. The minimum absolute atomic E-state index is 0.182. The summed E-state index contributed by atoms with van der Waals surface area (Å²) in [7, 11) is 0. The second-order valence-corrected chi connectivity index (χ2v) is 6.85. The molecule has 1 aliphatic rings. The molecule has 2 aromatic rings. The molecule has 1 aromatic carbocycles. The van der Waals surface area contributed by atoms with Gasteiger partial charge in [-0.1, -0.05) is 19.1 Å². The van der Waals surface area contributed by atoms with Crippen LogP contribution in [0.1, 0.15) is 30.2 Å². The number of thioether (sulfide) groups is 1. The van der Waals surface area contributed by atoms with Gasteiger partial charge in [0, 0.05) is 24.1 Å². The Kier molecular flexibility index (Phi) is 4.62. The molecule has 0 spiro atoms. The summed E-state index contributed by atoms with van der Waals surface area (Å²) in [5.41, 5.74) is 4.39. The van der Waals surface area contributed by atoms with Crippen molar-refractivity contribution in [2.24, 2.45) is 0 Å². The normalized spacial score (nSPS) is 16.5. The Hall–Kier alpha value is -2.27. The van der Waals surface area contributed by atoms with Crippen LogP contribution in [0.2, 0.25) is 0 Å². The van der Waals surface area contributed by atoms with Crippen LogP contribution in [0.4, 0.5) is 4.79 Å². The predicted molar refractivity (Wildman–Crippen MR) is 98.2 cm³/mol. The molecule has 0 unspecified atom stereocenters. The summed E-state index contributed by atoms with van der Waals surface area (Å²) >= 11 is 1.02. The smallest absolute Gasteiger partial charge is 0.293 e. The van der Waals surface area contributed by atoms with E-state index in [4.69, 9.17) is 0 Å². The predicted octanol–water partition coefficient (Wildman–Crippen LogP) is 4.54. The van der Waals surface area contributed by atoms with E-state index < -0.39 is 0 Å². The van der Waals surface area contributed by atoms with E-state index in [1.54, 1.807) is 0 Å². The average Bonchev–Trinajstić information content (AvgIpc) is 3.11. The quantitative estimate of drug-likeness (QED) is 0.767. The van der Waals surface area contributed by atoms with Gasteiger partial charge in [-0.3, -0.25) is 14.5 Å². The van der Waals surface area contributed by atoms with E-state index in [9.17, 15) is 9.59 Å². The van der Waals surface area contributed by atoms with Crippen molar-refractivity contribution in [3.8, 4) is 5.69 Å². The Morgan fingerprint density at radius 2 is 1.92 bits per heavy atom. The van der Waals surface area contributed by atoms with E-state index in [1.165, 1.54) is 16.0 Å². The summed E-state index contributed by atoms with van der Waals surface area (Å²) in [4.78, 5) is 26.2. The van der Waals surface area contributed by atoms with Crippen LogP contribution in [0.25, 0.3) is 11.8 Å². The first-order valence-electron chi connectivity index (χ1n) is 8.02.